The van der Waals surface area contributed by atoms with Crippen LogP contribution in [0.1, 0.15) is 20.3 Å². The molecule has 0 rings (SSSR count). The topological polar surface area (TPSA) is 17.1 Å². The van der Waals surface area contributed by atoms with E-state index < -0.39 is 0 Å². The Bertz CT molecular complexity index is 132. The lowest BCUT2D eigenvalue weighted by Gasteiger charge is -1.74. The van der Waals surface area contributed by atoms with Crippen LogP contribution in [-0.4, -0.2) is 5.78 Å². The van der Waals surface area contributed by atoms with Crippen molar-refractivity contribution < 1.29 is 4.79 Å². The van der Waals surface area contributed by atoms with Crippen LogP contribution < -0.4 is 0 Å². The standard InChI is InChI=1S/C8H12O/c1-3-4-5-6-7-8(2)9/h4-7H,3H2,1-2H3/b5-4?,7-6+. The number of hydrogen-bond acceptors (Lipinski definition) is 1. The molecule has 0 unspecified atom stereocenters. The van der Waals surface area contributed by atoms with Gasteiger partial charge in [-0.25, -0.2) is 0 Å². The van der Waals surface area contributed by atoms with Crippen LogP contribution in [-0.2, 0) is 4.79 Å². The molecule has 0 heterocycles. The largest absolute Gasteiger partial charge is 0.295 e. The minimum atomic E-state index is 0.0933. The van der Waals surface area contributed by atoms with Gasteiger partial charge in [0.25, 0.3) is 0 Å². The fourth-order valence-electron chi connectivity index (χ4n) is 0.406. The number of rotatable bonds is 3. The highest BCUT2D eigenvalue weighted by molar-refractivity contribution is 5.87. The van der Waals surface area contributed by atoms with Gasteiger partial charge in [-0.3, -0.25) is 4.79 Å². The molecule has 0 spiro atoms. The Morgan fingerprint density at radius 2 is 2.11 bits per heavy atom. The molecule has 0 saturated carbocycles. The number of allylic oxidation sites excluding steroid dienone is 4. The first-order valence-corrected chi connectivity index (χ1v) is 3.11. The Morgan fingerprint density at radius 1 is 1.44 bits per heavy atom. The van der Waals surface area contributed by atoms with Gasteiger partial charge in [0, 0.05) is 0 Å². The Kier molecular flexibility index (Phi) is 4.79. The predicted molar refractivity (Wildman–Crippen MR) is 39.3 cm³/mol. The van der Waals surface area contributed by atoms with E-state index in [2.05, 4.69) is 6.92 Å². The summed E-state index contributed by atoms with van der Waals surface area (Å²) >= 11 is 0. The van der Waals surface area contributed by atoms with E-state index in [1.165, 1.54) is 6.92 Å². The Labute approximate surface area is 56.1 Å². The first-order chi connectivity index (χ1) is 4.27. The van der Waals surface area contributed by atoms with Gasteiger partial charge in [0.2, 0.25) is 0 Å². The zero-order chi connectivity index (χ0) is 7.11. The van der Waals surface area contributed by atoms with Gasteiger partial charge in [-0.15, -0.1) is 0 Å². The van der Waals surface area contributed by atoms with Gasteiger partial charge in [-0.2, -0.15) is 0 Å². The second-order valence-electron chi connectivity index (χ2n) is 1.81. The smallest absolute Gasteiger partial charge is 0.152 e. The van der Waals surface area contributed by atoms with Crippen molar-refractivity contribution >= 4 is 5.78 Å². The number of ketones is 1. The average Bonchev–Trinajstić information content (AvgIpc) is 1.80. The minimum absolute atomic E-state index is 0.0933. The van der Waals surface area contributed by atoms with Gasteiger partial charge < -0.3 is 0 Å². The van der Waals surface area contributed by atoms with Crippen LogP contribution >= 0.6 is 0 Å². The van der Waals surface area contributed by atoms with Crippen molar-refractivity contribution in [2.24, 2.45) is 0 Å². The van der Waals surface area contributed by atoms with Crippen molar-refractivity contribution in [1.82, 2.24) is 0 Å². The molecule has 0 N–H and O–H groups in total. The lowest BCUT2D eigenvalue weighted by Crippen LogP contribution is -1.77. The van der Waals surface area contributed by atoms with E-state index in [1.807, 2.05) is 12.2 Å². The highest BCUT2D eigenvalue weighted by Crippen LogP contribution is 1.81. The fourth-order valence-corrected chi connectivity index (χ4v) is 0.406. The molecule has 1 nitrogen and oxygen atoms in total. The van der Waals surface area contributed by atoms with Gasteiger partial charge in [-0.1, -0.05) is 25.2 Å². The molecule has 0 bridgehead atoms. The Hall–Kier alpha value is -0.850. The molecule has 0 fully saturated rings. The molecule has 0 aliphatic heterocycles. The molecular formula is C8H12O. The highest BCUT2D eigenvalue weighted by atomic mass is 16.1. The molecule has 0 radical (unpaired) electrons. The van der Waals surface area contributed by atoms with Crippen molar-refractivity contribution in [3.05, 3.63) is 24.3 Å². The third-order valence-electron chi connectivity index (χ3n) is 0.814. The maximum atomic E-state index is 10.3. The van der Waals surface area contributed by atoms with E-state index in [1.54, 1.807) is 12.2 Å². The third-order valence-corrected chi connectivity index (χ3v) is 0.814. The van der Waals surface area contributed by atoms with Crippen LogP contribution in [0.4, 0.5) is 0 Å². The van der Waals surface area contributed by atoms with Crippen LogP contribution in [0.2, 0.25) is 0 Å². The van der Waals surface area contributed by atoms with E-state index in [0.29, 0.717) is 0 Å². The normalized spacial score (nSPS) is 11.3. The van der Waals surface area contributed by atoms with Crippen molar-refractivity contribution in [1.29, 1.82) is 0 Å². The summed E-state index contributed by atoms with van der Waals surface area (Å²) in [5, 5.41) is 0. The zero-order valence-electron chi connectivity index (χ0n) is 5.92. The molecule has 0 aliphatic rings. The maximum absolute atomic E-state index is 10.3. The Balaban J connectivity index is 3.47. The lowest BCUT2D eigenvalue weighted by molar-refractivity contribution is -0.112. The summed E-state index contributed by atoms with van der Waals surface area (Å²) in [5.41, 5.74) is 0. The monoisotopic (exact) mass is 124 g/mol. The van der Waals surface area contributed by atoms with E-state index in [4.69, 9.17) is 0 Å². The maximum Gasteiger partial charge on any atom is 0.152 e. The second kappa shape index (κ2) is 5.29. The molecule has 0 saturated heterocycles. The van der Waals surface area contributed by atoms with Crippen LogP contribution in [0, 0.1) is 0 Å². The first-order valence-electron chi connectivity index (χ1n) is 3.11. The van der Waals surface area contributed by atoms with E-state index in [0.717, 1.165) is 6.42 Å². The second-order valence-corrected chi connectivity index (χ2v) is 1.81. The quantitative estimate of drug-likeness (QED) is 0.416. The van der Waals surface area contributed by atoms with E-state index in [9.17, 15) is 4.79 Å². The average molecular weight is 124 g/mol. The molecule has 0 aromatic rings. The number of carbonyl (C=O) groups is 1. The Morgan fingerprint density at radius 3 is 2.56 bits per heavy atom. The molecule has 9 heavy (non-hydrogen) atoms. The summed E-state index contributed by atoms with van der Waals surface area (Å²) in [6.07, 6.45) is 8.20. The summed E-state index contributed by atoms with van der Waals surface area (Å²) < 4.78 is 0. The van der Waals surface area contributed by atoms with E-state index in [-0.39, 0.29) is 5.78 Å². The predicted octanol–water partition coefficient (Wildman–Crippen LogP) is 2.10. The van der Waals surface area contributed by atoms with Gasteiger partial charge in [0.15, 0.2) is 5.78 Å². The lowest BCUT2D eigenvalue weighted by atomic mass is 10.3. The molecule has 0 aromatic heterocycles. The first kappa shape index (κ1) is 8.15. The fraction of sp³-hybridized carbons (Fsp3) is 0.375. The molecule has 0 aromatic carbocycles. The van der Waals surface area contributed by atoms with Crippen molar-refractivity contribution in [2.75, 3.05) is 0 Å². The van der Waals surface area contributed by atoms with Gasteiger partial charge >= 0.3 is 0 Å². The SMILES string of the molecule is CCC=C/C=C/C(C)=O. The van der Waals surface area contributed by atoms with Gasteiger partial charge in [0.05, 0.1) is 0 Å². The van der Waals surface area contributed by atoms with Crippen LogP contribution in [0.5, 0.6) is 0 Å². The molecular weight excluding hydrogens is 112 g/mol. The van der Waals surface area contributed by atoms with Gasteiger partial charge in [-0.05, 0) is 19.4 Å². The van der Waals surface area contributed by atoms with E-state index >= 15 is 0 Å². The molecule has 0 amide bonds. The third kappa shape index (κ3) is 7.15. The molecule has 0 atom stereocenters. The van der Waals surface area contributed by atoms with Crippen molar-refractivity contribution in [2.45, 2.75) is 20.3 Å². The van der Waals surface area contributed by atoms with Crippen LogP contribution in [0.15, 0.2) is 24.3 Å². The summed E-state index contributed by atoms with van der Waals surface area (Å²) in [7, 11) is 0. The molecule has 1 heteroatoms. The summed E-state index contributed by atoms with van der Waals surface area (Å²) in [6.45, 7) is 3.59. The summed E-state index contributed by atoms with van der Waals surface area (Å²) in [5.74, 6) is 0.0933. The van der Waals surface area contributed by atoms with Crippen LogP contribution in [0.25, 0.3) is 0 Å². The van der Waals surface area contributed by atoms with Crippen molar-refractivity contribution in [3.63, 3.8) is 0 Å². The van der Waals surface area contributed by atoms with Gasteiger partial charge in [0.1, 0.15) is 0 Å². The number of carbonyl (C=O) groups excluding carboxylic acids is 1. The number of hydrogen-bond donors (Lipinski definition) is 0. The highest BCUT2D eigenvalue weighted by Gasteiger charge is 1.75. The summed E-state index contributed by atoms with van der Waals surface area (Å²) in [6, 6.07) is 0. The van der Waals surface area contributed by atoms with Crippen LogP contribution in [0.3, 0.4) is 0 Å². The zero-order valence-corrected chi connectivity index (χ0v) is 5.92. The summed E-state index contributed by atoms with van der Waals surface area (Å²) in [4.78, 5) is 10.3. The minimum Gasteiger partial charge on any atom is -0.295 e. The molecule has 50 valence electrons. The molecule has 0 aliphatic carbocycles. The van der Waals surface area contributed by atoms with Crippen molar-refractivity contribution in [3.8, 4) is 0 Å².